The van der Waals surface area contributed by atoms with Crippen molar-refractivity contribution in [3.63, 3.8) is 0 Å². The van der Waals surface area contributed by atoms with Crippen molar-refractivity contribution in [3.8, 4) is 22.6 Å². The monoisotopic (exact) mass is 554 g/mol. The number of pyridine rings is 1. The lowest BCUT2D eigenvalue weighted by Crippen LogP contribution is -2.26. The first-order valence-corrected chi connectivity index (χ1v) is 13.9. The van der Waals surface area contributed by atoms with Crippen molar-refractivity contribution in [3.05, 3.63) is 100 Å². The summed E-state index contributed by atoms with van der Waals surface area (Å²) in [6.07, 6.45) is 11.4. The molecule has 0 amide bonds. The van der Waals surface area contributed by atoms with Gasteiger partial charge in [0.1, 0.15) is 17.0 Å². The first-order valence-electron chi connectivity index (χ1n) is 13.0. The van der Waals surface area contributed by atoms with Crippen LogP contribution in [0, 0.1) is 5.41 Å². The van der Waals surface area contributed by atoms with E-state index in [4.69, 9.17) is 4.98 Å². The minimum atomic E-state index is -0.505. The lowest BCUT2D eigenvalue weighted by molar-refractivity contribution is 0.403. The Morgan fingerprint density at radius 2 is 1.98 bits per heavy atom. The summed E-state index contributed by atoms with van der Waals surface area (Å²) < 4.78 is 16.3. The fraction of sp³-hybridized carbons (Fsp3) is 0.219. The van der Waals surface area contributed by atoms with Crippen LogP contribution in [0.3, 0.4) is 0 Å². The zero-order valence-corrected chi connectivity index (χ0v) is 24.5. The topological polar surface area (TPSA) is 82.3 Å². The quantitative estimate of drug-likeness (QED) is 0.193. The van der Waals surface area contributed by atoms with Crippen LogP contribution in [0.4, 0.5) is 4.39 Å². The van der Waals surface area contributed by atoms with Crippen LogP contribution in [0.2, 0.25) is 0 Å². The van der Waals surface area contributed by atoms with Crippen LogP contribution >= 0.6 is 11.3 Å². The average molecular weight is 555 g/mol. The third kappa shape index (κ3) is 6.13. The predicted molar refractivity (Wildman–Crippen MR) is 166 cm³/mol. The highest BCUT2D eigenvalue weighted by molar-refractivity contribution is 7.08. The third-order valence-corrected chi connectivity index (χ3v) is 6.96. The third-order valence-electron chi connectivity index (χ3n) is 6.27. The van der Waals surface area contributed by atoms with E-state index in [1.807, 2.05) is 42.8 Å². The van der Waals surface area contributed by atoms with Gasteiger partial charge in [0, 0.05) is 28.7 Å². The maximum Gasteiger partial charge on any atom is 0.159 e. The molecule has 0 spiro atoms. The summed E-state index contributed by atoms with van der Waals surface area (Å²) in [4.78, 5) is 12.5. The standard InChI is InChI=1S/C32H35FN6S/c1-9-21(14-23(10-2)35-19(4)15-32(6,7)8)20(5)28(33)27-25(11-3)38-39-30(27)31-36-26-17-34-16-24(29(26)37-31)22-12-13-40-18-22/h9-14,16-18,35,38H,2,4-5,15H2,1,3,6-8H3,(H,36,37)/b21-9+,23-14+,25-11+,28-27-. The number of fused-ring (bicyclic) bond motifs is 1. The van der Waals surface area contributed by atoms with Crippen LogP contribution in [-0.4, -0.2) is 25.1 Å². The van der Waals surface area contributed by atoms with E-state index in [9.17, 15) is 0 Å². The molecule has 0 aliphatic rings. The van der Waals surface area contributed by atoms with Crippen molar-refractivity contribution in [1.29, 1.82) is 0 Å². The normalized spacial score (nSPS) is 14.0. The summed E-state index contributed by atoms with van der Waals surface area (Å²) in [6, 6.07) is 2.02. The molecule has 0 bridgehead atoms. The van der Waals surface area contributed by atoms with E-state index >= 15 is 4.39 Å². The number of nitrogens with one attached hydrogen (secondary N) is 3. The number of halogens is 1. The van der Waals surface area contributed by atoms with Gasteiger partial charge in [0.05, 0.1) is 22.3 Å². The van der Waals surface area contributed by atoms with E-state index in [0.29, 0.717) is 28.1 Å². The van der Waals surface area contributed by atoms with Gasteiger partial charge in [-0.1, -0.05) is 52.7 Å². The van der Waals surface area contributed by atoms with Gasteiger partial charge in [-0.2, -0.15) is 16.4 Å². The summed E-state index contributed by atoms with van der Waals surface area (Å²) in [5, 5.41) is 15.6. The highest BCUT2D eigenvalue weighted by atomic mass is 32.1. The second-order valence-electron chi connectivity index (χ2n) is 10.6. The predicted octanol–water partition coefficient (Wildman–Crippen LogP) is 7.07. The zero-order valence-electron chi connectivity index (χ0n) is 23.7. The number of aromatic nitrogens is 5. The molecule has 0 aliphatic carbocycles. The summed E-state index contributed by atoms with van der Waals surface area (Å²) in [7, 11) is 0. The molecule has 4 aromatic heterocycles. The molecular weight excluding hydrogens is 519 g/mol. The maximum atomic E-state index is 16.3. The van der Waals surface area contributed by atoms with E-state index in [-0.39, 0.29) is 16.2 Å². The fourth-order valence-electron chi connectivity index (χ4n) is 4.46. The second kappa shape index (κ2) is 11.8. The number of imidazole rings is 1. The number of thiophene rings is 1. The van der Waals surface area contributed by atoms with Crippen LogP contribution in [0.25, 0.3) is 45.6 Å². The van der Waals surface area contributed by atoms with E-state index < -0.39 is 5.83 Å². The molecule has 4 aromatic rings. The SMILES string of the molecule is C=C/C(=C\C(=C/C)C(=C)/C(F)=c1/c(-c2nc3c(-c4ccsc4)cncc3[nH]2)n[nH]/c1=C/C)NC(=C)CC(C)(C)C. The Balaban J connectivity index is 1.78. The Morgan fingerprint density at radius 1 is 1.20 bits per heavy atom. The Hall–Kier alpha value is -4.30. The Morgan fingerprint density at radius 3 is 2.60 bits per heavy atom. The molecule has 206 valence electrons. The number of rotatable bonds is 9. The van der Waals surface area contributed by atoms with Gasteiger partial charge in [0.2, 0.25) is 0 Å². The van der Waals surface area contributed by atoms with Crippen molar-refractivity contribution in [1.82, 2.24) is 30.5 Å². The van der Waals surface area contributed by atoms with Crippen molar-refractivity contribution < 1.29 is 4.39 Å². The van der Waals surface area contributed by atoms with Crippen molar-refractivity contribution in [2.45, 2.75) is 41.0 Å². The van der Waals surface area contributed by atoms with Gasteiger partial charge in [-0.15, -0.1) is 0 Å². The molecule has 0 saturated heterocycles. The summed E-state index contributed by atoms with van der Waals surface area (Å²) in [5.41, 5.74) is 6.22. The van der Waals surface area contributed by atoms with Crippen LogP contribution < -0.4 is 15.9 Å². The average Bonchev–Trinajstić information content (AvgIpc) is 3.67. The van der Waals surface area contributed by atoms with Crippen LogP contribution in [0.5, 0.6) is 0 Å². The van der Waals surface area contributed by atoms with Gasteiger partial charge in [-0.05, 0) is 65.8 Å². The van der Waals surface area contributed by atoms with E-state index in [2.05, 4.69) is 66.0 Å². The molecule has 0 atom stereocenters. The van der Waals surface area contributed by atoms with Crippen molar-refractivity contribution in [2.24, 2.45) is 5.41 Å². The molecule has 40 heavy (non-hydrogen) atoms. The maximum absolute atomic E-state index is 16.3. The Kier molecular flexibility index (Phi) is 8.49. The number of H-pyrrole nitrogens is 2. The summed E-state index contributed by atoms with van der Waals surface area (Å²) >= 11 is 1.60. The number of nitrogens with zero attached hydrogens (tertiary/aromatic N) is 3. The van der Waals surface area contributed by atoms with Gasteiger partial charge in [-0.25, -0.2) is 9.37 Å². The second-order valence-corrected chi connectivity index (χ2v) is 11.4. The molecule has 0 unspecified atom stereocenters. The Bertz CT molecular complexity index is 1760. The smallest absolute Gasteiger partial charge is 0.159 e. The number of hydrogen-bond acceptors (Lipinski definition) is 5. The molecule has 4 heterocycles. The zero-order chi connectivity index (χ0) is 29.0. The fourth-order valence-corrected chi connectivity index (χ4v) is 5.11. The molecule has 3 N–H and O–H groups in total. The molecule has 0 radical (unpaired) electrons. The van der Waals surface area contributed by atoms with Crippen LogP contribution in [0.15, 0.2) is 89.7 Å². The van der Waals surface area contributed by atoms with E-state index in [1.54, 1.807) is 35.9 Å². The molecule has 8 heteroatoms. The minimum Gasteiger partial charge on any atom is -0.359 e. The first-order chi connectivity index (χ1) is 19.1. The lowest BCUT2D eigenvalue weighted by Gasteiger charge is -2.21. The van der Waals surface area contributed by atoms with Crippen LogP contribution in [-0.2, 0) is 0 Å². The summed E-state index contributed by atoms with van der Waals surface area (Å²) in [6.45, 7) is 22.3. The highest BCUT2D eigenvalue weighted by Gasteiger charge is 2.19. The van der Waals surface area contributed by atoms with Gasteiger partial charge in [0.25, 0.3) is 0 Å². The van der Waals surface area contributed by atoms with Gasteiger partial charge in [-0.3, -0.25) is 10.1 Å². The van der Waals surface area contributed by atoms with Gasteiger partial charge < -0.3 is 10.3 Å². The van der Waals surface area contributed by atoms with Gasteiger partial charge >= 0.3 is 0 Å². The molecule has 6 nitrogen and oxygen atoms in total. The largest absolute Gasteiger partial charge is 0.359 e. The van der Waals surface area contributed by atoms with Crippen molar-refractivity contribution in [2.75, 3.05) is 0 Å². The van der Waals surface area contributed by atoms with Gasteiger partial charge in [0.15, 0.2) is 5.82 Å². The number of aromatic amines is 2. The molecule has 4 rings (SSSR count). The van der Waals surface area contributed by atoms with Crippen LogP contribution in [0.1, 0.15) is 41.0 Å². The number of allylic oxidation sites excluding steroid dienone is 6. The molecule has 0 fully saturated rings. The Labute approximate surface area is 238 Å². The molecule has 0 aromatic carbocycles. The van der Waals surface area contributed by atoms with E-state index in [1.165, 1.54) is 0 Å². The van der Waals surface area contributed by atoms with E-state index in [0.717, 1.165) is 34.3 Å². The molecule has 0 aliphatic heterocycles. The number of hydrogen-bond donors (Lipinski definition) is 3. The lowest BCUT2D eigenvalue weighted by atomic mass is 9.91. The first kappa shape index (κ1) is 28.7. The summed E-state index contributed by atoms with van der Waals surface area (Å²) in [5.74, 6) is -0.0685. The van der Waals surface area contributed by atoms with Crippen molar-refractivity contribution >= 4 is 34.3 Å². The minimum absolute atomic E-state index is 0.0746. The molecular formula is C32H35FN6S. The highest BCUT2D eigenvalue weighted by Crippen LogP contribution is 2.30. The molecule has 0 saturated carbocycles.